The highest BCUT2D eigenvalue weighted by atomic mass is 32.2. The number of aryl methyl sites for hydroxylation is 1. The number of amides is 1. The smallest absolute Gasteiger partial charge is 0.227 e. The number of benzene rings is 1. The van der Waals surface area contributed by atoms with Gasteiger partial charge in [0.15, 0.2) is 5.16 Å². The van der Waals surface area contributed by atoms with Crippen LogP contribution in [0.5, 0.6) is 0 Å². The molecule has 122 valence electrons. The van der Waals surface area contributed by atoms with Crippen molar-refractivity contribution >= 4 is 23.4 Å². The number of rotatable bonds is 4. The van der Waals surface area contributed by atoms with Crippen LogP contribution in [0, 0.1) is 11.7 Å². The average Bonchev–Trinajstić information content (AvgIpc) is 3.11. The van der Waals surface area contributed by atoms with E-state index in [0.29, 0.717) is 12.1 Å². The zero-order valence-electron chi connectivity index (χ0n) is 12.8. The van der Waals surface area contributed by atoms with Crippen molar-refractivity contribution in [3.63, 3.8) is 0 Å². The summed E-state index contributed by atoms with van der Waals surface area (Å²) in [5.41, 5.74) is 6.34. The predicted octanol–water partition coefficient (Wildman–Crippen LogP) is 2.78. The highest BCUT2D eigenvalue weighted by molar-refractivity contribution is 7.99. The number of hydrogen-bond acceptors (Lipinski definition) is 4. The SMILES string of the molecule is Cn1ccnc1Sc1ccc(F)cc1NC(=O)C1CCC(N)C1. The van der Waals surface area contributed by atoms with Gasteiger partial charge in [0.1, 0.15) is 5.82 Å². The van der Waals surface area contributed by atoms with Crippen molar-refractivity contribution in [3.8, 4) is 0 Å². The molecule has 3 rings (SSSR count). The fraction of sp³-hybridized carbons (Fsp3) is 0.375. The molecule has 1 aliphatic carbocycles. The number of hydrogen-bond donors (Lipinski definition) is 2. The summed E-state index contributed by atoms with van der Waals surface area (Å²) < 4.78 is 15.5. The summed E-state index contributed by atoms with van der Waals surface area (Å²) in [6, 6.07) is 4.47. The number of carbonyl (C=O) groups is 1. The Balaban J connectivity index is 1.79. The van der Waals surface area contributed by atoms with Gasteiger partial charge in [-0.2, -0.15) is 0 Å². The van der Waals surface area contributed by atoms with E-state index in [0.717, 1.165) is 22.9 Å². The minimum atomic E-state index is -0.382. The molecule has 2 atom stereocenters. The Hall–Kier alpha value is -1.86. The second-order valence-corrected chi connectivity index (χ2v) is 6.83. The summed E-state index contributed by atoms with van der Waals surface area (Å²) in [6.07, 6.45) is 5.86. The van der Waals surface area contributed by atoms with Gasteiger partial charge in [-0.3, -0.25) is 4.79 Å². The number of anilines is 1. The lowest BCUT2D eigenvalue weighted by Crippen LogP contribution is -2.23. The van der Waals surface area contributed by atoms with Gasteiger partial charge in [0, 0.05) is 36.3 Å². The van der Waals surface area contributed by atoms with Gasteiger partial charge in [-0.1, -0.05) is 0 Å². The lowest BCUT2D eigenvalue weighted by molar-refractivity contribution is -0.119. The van der Waals surface area contributed by atoms with Crippen LogP contribution in [0.2, 0.25) is 0 Å². The van der Waals surface area contributed by atoms with E-state index < -0.39 is 0 Å². The first kappa shape index (κ1) is 16.0. The molecule has 1 saturated carbocycles. The maximum absolute atomic E-state index is 13.6. The molecule has 23 heavy (non-hydrogen) atoms. The van der Waals surface area contributed by atoms with Crippen LogP contribution in [-0.2, 0) is 11.8 Å². The fourth-order valence-electron chi connectivity index (χ4n) is 2.73. The first-order valence-electron chi connectivity index (χ1n) is 7.54. The molecule has 1 fully saturated rings. The number of aromatic nitrogens is 2. The molecule has 7 heteroatoms. The van der Waals surface area contributed by atoms with Gasteiger partial charge in [0.05, 0.1) is 5.69 Å². The summed E-state index contributed by atoms with van der Waals surface area (Å²) >= 11 is 1.39. The maximum atomic E-state index is 13.6. The Morgan fingerprint density at radius 3 is 2.96 bits per heavy atom. The first-order chi connectivity index (χ1) is 11.0. The first-order valence-corrected chi connectivity index (χ1v) is 8.36. The molecular formula is C16H19FN4OS. The number of imidazole rings is 1. The summed E-state index contributed by atoms with van der Waals surface area (Å²) in [6.45, 7) is 0. The Morgan fingerprint density at radius 2 is 2.30 bits per heavy atom. The molecule has 2 unspecified atom stereocenters. The van der Waals surface area contributed by atoms with Crippen LogP contribution < -0.4 is 11.1 Å². The number of halogens is 1. The van der Waals surface area contributed by atoms with Crippen molar-refractivity contribution in [2.45, 2.75) is 35.4 Å². The minimum absolute atomic E-state index is 0.0830. The van der Waals surface area contributed by atoms with Crippen molar-refractivity contribution in [1.29, 1.82) is 0 Å². The van der Waals surface area contributed by atoms with Crippen molar-refractivity contribution in [1.82, 2.24) is 9.55 Å². The van der Waals surface area contributed by atoms with E-state index in [-0.39, 0.29) is 23.7 Å². The van der Waals surface area contributed by atoms with Gasteiger partial charge in [-0.15, -0.1) is 0 Å². The molecule has 0 spiro atoms. The zero-order valence-corrected chi connectivity index (χ0v) is 13.6. The molecule has 1 aromatic heterocycles. The lowest BCUT2D eigenvalue weighted by Gasteiger charge is -2.14. The van der Waals surface area contributed by atoms with Gasteiger partial charge < -0.3 is 15.6 Å². The normalized spacial score (nSPS) is 20.7. The van der Waals surface area contributed by atoms with Crippen LogP contribution in [0.1, 0.15) is 19.3 Å². The fourth-order valence-corrected chi connectivity index (χ4v) is 3.60. The molecule has 1 aromatic carbocycles. The quantitative estimate of drug-likeness (QED) is 0.902. The molecule has 0 aliphatic heterocycles. The molecular weight excluding hydrogens is 315 g/mol. The lowest BCUT2D eigenvalue weighted by atomic mass is 10.1. The van der Waals surface area contributed by atoms with E-state index in [1.807, 2.05) is 17.8 Å². The third-order valence-corrected chi connectivity index (χ3v) is 5.17. The zero-order chi connectivity index (χ0) is 16.4. The van der Waals surface area contributed by atoms with E-state index in [2.05, 4.69) is 10.3 Å². The Morgan fingerprint density at radius 1 is 1.48 bits per heavy atom. The minimum Gasteiger partial charge on any atom is -0.329 e. The molecule has 3 N–H and O–H groups in total. The standard InChI is InChI=1S/C16H19FN4OS/c1-21-7-6-19-16(21)23-14-5-3-11(17)9-13(14)20-15(22)10-2-4-12(18)8-10/h3,5-7,9-10,12H,2,4,8,18H2,1H3,(H,20,22). The molecule has 0 saturated heterocycles. The monoisotopic (exact) mass is 334 g/mol. The van der Waals surface area contributed by atoms with E-state index in [9.17, 15) is 9.18 Å². The van der Waals surface area contributed by atoms with Gasteiger partial charge in [0.25, 0.3) is 0 Å². The van der Waals surface area contributed by atoms with Gasteiger partial charge in [0.2, 0.25) is 5.91 Å². The van der Waals surface area contributed by atoms with Crippen molar-refractivity contribution in [2.75, 3.05) is 5.32 Å². The molecule has 5 nitrogen and oxygen atoms in total. The van der Waals surface area contributed by atoms with E-state index in [1.165, 1.54) is 23.9 Å². The molecule has 0 radical (unpaired) electrons. The predicted molar refractivity (Wildman–Crippen MR) is 87.7 cm³/mol. The van der Waals surface area contributed by atoms with Crippen LogP contribution in [0.15, 0.2) is 40.6 Å². The largest absolute Gasteiger partial charge is 0.329 e. The third kappa shape index (κ3) is 3.73. The Kier molecular flexibility index (Phi) is 4.68. The van der Waals surface area contributed by atoms with Crippen LogP contribution in [0.4, 0.5) is 10.1 Å². The second kappa shape index (κ2) is 6.72. The number of nitrogens with one attached hydrogen (secondary N) is 1. The third-order valence-electron chi connectivity index (χ3n) is 4.02. The maximum Gasteiger partial charge on any atom is 0.227 e. The molecule has 2 aromatic rings. The van der Waals surface area contributed by atoms with Crippen molar-refractivity contribution in [2.24, 2.45) is 18.7 Å². The molecule has 0 bridgehead atoms. The number of nitrogens with two attached hydrogens (primary N) is 1. The van der Waals surface area contributed by atoms with Gasteiger partial charge >= 0.3 is 0 Å². The van der Waals surface area contributed by atoms with Crippen molar-refractivity contribution in [3.05, 3.63) is 36.4 Å². The highest BCUT2D eigenvalue weighted by Gasteiger charge is 2.28. The van der Waals surface area contributed by atoms with Gasteiger partial charge in [-0.05, 0) is 49.2 Å². The van der Waals surface area contributed by atoms with Crippen LogP contribution in [0.25, 0.3) is 0 Å². The summed E-state index contributed by atoms with van der Waals surface area (Å²) in [4.78, 5) is 17.4. The molecule has 1 heterocycles. The highest BCUT2D eigenvalue weighted by Crippen LogP contribution is 2.34. The van der Waals surface area contributed by atoms with E-state index in [4.69, 9.17) is 5.73 Å². The average molecular weight is 334 g/mol. The van der Waals surface area contributed by atoms with E-state index in [1.54, 1.807) is 12.3 Å². The van der Waals surface area contributed by atoms with Crippen molar-refractivity contribution < 1.29 is 9.18 Å². The van der Waals surface area contributed by atoms with E-state index >= 15 is 0 Å². The Bertz CT molecular complexity index is 718. The second-order valence-electron chi connectivity index (χ2n) is 5.82. The van der Waals surface area contributed by atoms with Gasteiger partial charge in [-0.25, -0.2) is 9.37 Å². The molecule has 1 amide bonds. The van der Waals surface area contributed by atoms with Crippen LogP contribution in [0.3, 0.4) is 0 Å². The summed E-state index contributed by atoms with van der Waals surface area (Å²) in [7, 11) is 1.89. The number of nitrogens with zero attached hydrogens (tertiary/aromatic N) is 2. The van der Waals surface area contributed by atoms with Crippen LogP contribution in [-0.4, -0.2) is 21.5 Å². The summed E-state index contributed by atoms with van der Waals surface area (Å²) in [5, 5.41) is 3.63. The number of carbonyl (C=O) groups excluding carboxylic acids is 1. The Labute approximate surface area is 138 Å². The summed E-state index contributed by atoms with van der Waals surface area (Å²) in [5.74, 6) is -0.572. The topological polar surface area (TPSA) is 72.9 Å². The van der Waals surface area contributed by atoms with Crippen LogP contribution >= 0.6 is 11.8 Å². The molecule has 1 aliphatic rings.